The van der Waals surface area contributed by atoms with Crippen molar-refractivity contribution in [2.24, 2.45) is 5.41 Å². The zero-order valence-electron chi connectivity index (χ0n) is 15.4. The van der Waals surface area contributed by atoms with Gasteiger partial charge in [0.15, 0.2) is 21.5 Å². The van der Waals surface area contributed by atoms with Crippen molar-refractivity contribution in [2.75, 3.05) is 16.8 Å². The van der Waals surface area contributed by atoms with Crippen molar-refractivity contribution in [1.82, 2.24) is 20.2 Å². The maximum atomic E-state index is 12.1. The smallest absolute Gasteiger partial charge is 0.154 e. The van der Waals surface area contributed by atoms with Gasteiger partial charge in [0.05, 0.1) is 11.5 Å². The normalized spacial score (nSPS) is 15.5. The van der Waals surface area contributed by atoms with Crippen molar-refractivity contribution in [2.45, 2.75) is 39.5 Å². The third-order valence-electron chi connectivity index (χ3n) is 3.82. The topological polar surface area (TPSA) is 101 Å². The Kier molecular flexibility index (Phi) is 5.13. The van der Waals surface area contributed by atoms with Crippen LogP contribution in [-0.2, 0) is 9.84 Å². The van der Waals surface area contributed by atoms with Crippen LogP contribution >= 0.6 is 0 Å². The van der Waals surface area contributed by atoms with Gasteiger partial charge in [-0.2, -0.15) is 5.10 Å². The molecule has 26 heavy (non-hydrogen) atoms. The first-order valence-corrected chi connectivity index (χ1v) is 10.5. The zero-order chi connectivity index (χ0) is 18.8. The van der Waals surface area contributed by atoms with E-state index in [0.29, 0.717) is 23.4 Å². The molecule has 0 saturated heterocycles. The summed E-state index contributed by atoms with van der Waals surface area (Å²) in [5.74, 6) is 2.53. The fourth-order valence-corrected chi connectivity index (χ4v) is 4.50. The lowest BCUT2D eigenvalue weighted by atomic mass is 10.0. The van der Waals surface area contributed by atoms with Crippen LogP contribution in [0.15, 0.2) is 24.4 Å². The van der Waals surface area contributed by atoms with Crippen LogP contribution in [0.1, 0.15) is 51.0 Å². The van der Waals surface area contributed by atoms with Gasteiger partial charge in [0, 0.05) is 23.9 Å². The minimum absolute atomic E-state index is 0.0185. The number of hydrogen-bond acceptors (Lipinski definition) is 6. The molecular weight excluding hydrogens is 350 g/mol. The first-order chi connectivity index (χ1) is 12.2. The van der Waals surface area contributed by atoms with Gasteiger partial charge in [-0.05, 0) is 30.4 Å². The molecule has 2 aromatic heterocycles. The summed E-state index contributed by atoms with van der Waals surface area (Å²) in [6, 6.07) is 3.74. The highest BCUT2D eigenvalue weighted by molar-refractivity contribution is 7.91. The first-order valence-electron chi connectivity index (χ1n) is 8.73. The fourth-order valence-electron chi connectivity index (χ4n) is 2.68. The van der Waals surface area contributed by atoms with E-state index in [1.807, 2.05) is 26.8 Å². The second kappa shape index (κ2) is 7.19. The lowest BCUT2D eigenvalue weighted by Gasteiger charge is -2.16. The van der Waals surface area contributed by atoms with Gasteiger partial charge >= 0.3 is 0 Å². The molecular formula is C18H25N5O2S. The second-order valence-corrected chi connectivity index (χ2v) is 10.0. The maximum Gasteiger partial charge on any atom is 0.154 e. The third kappa shape index (κ3) is 5.66. The molecule has 3 rings (SSSR count). The largest absolute Gasteiger partial charge is 0.323 e. The van der Waals surface area contributed by atoms with Gasteiger partial charge in [0.1, 0.15) is 5.82 Å². The molecule has 1 fully saturated rings. The van der Waals surface area contributed by atoms with E-state index >= 15 is 0 Å². The summed E-state index contributed by atoms with van der Waals surface area (Å²) in [7, 11) is -3.14. The van der Waals surface area contributed by atoms with Crippen LogP contribution in [0.5, 0.6) is 0 Å². The van der Waals surface area contributed by atoms with E-state index in [1.165, 1.54) is 12.8 Å². The highest BCUT2D eigenvalue weighted by Crippen LogP contribution is 2.39. The molecule has 1 saturated carbocycles. The summed E-state index contributed by atoms with van der Waals surface area (Å²) in [4.78, 5) is 8.53. The summed E-state index contributed by atoms with van der Waals surface area (Å²) in [5.41, 5.74) is 0.890. The van der Waals surface area contributed by atoms with Crippen molar-refractivity contribution >= 4 is 27.5 Å². The van der Waals surface area contributed by atoms with Crippen LogP contribution in [0.25, 0.3) is 6.08 Å². The van der Waals surface area contributed by atoms with Crippen molar-refractivity contribution < 1.29 is 8.42 Å². The Morgan fingerprint density at radius 1 is 1.31 bits per heavy atom. The van der Waals surface area contributed by atoms with Crippen molar-refractivity contribution in [3.05, 3.63) is 35.9 Å². The number of hydrogen-bond donors (Lipinski definition) is 2. The molecule has 1 aliphatic rings. The van der Waals surface area contributed by atoms with Gasteiger partial charge in [-0.1, -0.05) is 26.8 Å². The number of nitrogens with one attached hydrogen (secondary N) is 2. The van der Waals surface area contributed by atoms with E-state index in [-0.39, 0.29) is 16.9 Å². The van der Waals surface area contributed by atoms with Gasteiger partial charge < -0.3 is 5.32 Å². The number of aromatic amines is 1. The monoisotopic (exact) mass is 375 g/mol. The Balaban J connectivity index is 1.61. The third-order valence-corrected chi connectivity index (χ3v) is 5.82. The Labute approximate surface area is 154 Å². The Morgan fingerprint density at radius 3 is 2.77 bits per heavy atom. The lowest BCUT2D eigenvalue weighted by molar-refractivity contribution is 0.462. The van der Waals surface area contributed by atoms with Gasteiger partial charge in [-0.3, -0.25) is 5.10 Å². The van der Waals surface area contributed by atoms with E-state index in [2.05, 4.69) is 25.5 Å². The molecule has 0 aliphatic heterocycles. The Bertz CT molecular complexity index is 892. The average molecular weight is 375 g/mol. The van der Waals surface area contributed by atoms with Crippen molar-refractivity contribution in [3.63, 3.8) is 0 Å². The van der Waals surface area contributed by atoms with Crippen LogP contribution in [0.3, 0.4) is 0 Å². The molecule has 7 nitrogen and oxygen atoms in total. The minimum Gasteiger partial charge on any atom is -0.323 e. The molecule has 0 amide bonds. The summed E-state index contributed by atoms with van der Waals surface area (Å²) in [5, 5.41) is 10.4. The summed E-state index contributed by atoms with van der Waals surface area (Å²) < 4.78 is 24.2. The number of sulfone groups is 1. The predicted molar refractivity (Wildman–Crippen MR) is 103 cm³/mol. The van der Waals surface area contributed by atoms with Gasteiger partial charge in [0.25, 0.3) is 0 Å². The quantitative estimate of drug-likeness (QED) is 0.770. The molecule has 0 spiro atoms. The number of nitrogens with zero attached hydrogens (tertiary/aromatic N) is 3. The SMILES string of the molecule is CC(C)(C)CS(=O)(=O)C/C=C/c1nccc(Nc2cc(C3CC3)[nH]n2)n1. The van der Waals surface area contributed by atoms with E-state index < -0.39 is 9.84 Å². The fraction of sp³-hybridized carbons (Fsp3) is 0.500. The molecule has 0 unspecified atom stereocenters. The molecule has 2 N–H and O–H groups in total. The van der Waals surface area contributed by atoms with Crippen molar-refractivity contribution in [3.8, 4) is 0 Å². The van der Waals surface area contributed by atoms with E-state index in [0.717, 1.165) is 5.69 Å². The standard InChI is InChI=1S/C18H25N5O2S/c1-18(2,3)12-26(24,25)10-4-5-15-19-9-8-16(20-15)21-17-11-14(22-23-17)13-6-7-13/h4-5,8-9,11,13H,6-7,10,12H2,1-3H3,(H2,19,20,21,22,23)/b5-4+. The average Bonchev–Trinajstić information content (AvgIpc) is 3.26. The molecule has 8 heteroatoms. The number of anilines is 2. The highest BCUT2D eigenvalue weighted by Gasteiger charge is 2.25. The van der Waals surface area contributed by atoms with Crippen LogP contribution < -0.4 is 5.32 Å². The molecule has 0 aromatic carbocycles. The predicted octanol–water partition coefficient (Wildman–Crippen LogP) is 3.29. The molecule has 140 valence electrons. The zero-order valence-corrected chi connectivity index (χ0v) is 16.2. The minimum atomic E-state index is -3.14. The molecule has 1 aliphatic carbocycles. The summed E-state index contributed by atoms with van der Waals surface area (Å²) in [6.07, 6.45) is 7.28. The Morgan fingerprint density at radius 2 is 2.08 bits per heavy atom. The maximum absolute atomic E-state index is 12.1. The van der Waals surface area contributed by atoms with Gasteiger partial charge in [-0.15, -0.1) is 0 Å². The Hall–Kier alpha value is -2.22. The van der Waals surface area contributed by atoms with E-state index in [9.17, 15) is 8.42 Å². The van der Waals surface area contributed by atoms with E-state index in [4.69, 9.17) is 0 Å². The van der Waals surface area contributed by atoms with Gasteiger partial charge in [-0.25, -0.2) is 18.4 Å². The second-order valence-electron chi connectivity index (χ2n) is 7.93. The number of H-pyrrole nitrogens is 1. The molecule has 2 aromatic rings. The molecule has 0 bridgehead atoms. The summed E-state index contributed by atoms with van der Waals surface area (Å²) >= 11 is 0. The highest BCUT2D eigenvalue weighted by atomic mass is 32.2. The molecule has 2 heterocycles. The van der Waals surface area contributed by atoms with Gasteiger partial charge in [0.2, 0.25) is 0 Å². The van der Waals surface area contributed by atoms with Crippen molar-refractivity contribution in [1.29, 1.82) is 0 Å². The summed E-state index contributed by atoms with van der Waals surface area (Å²) in [6.45, 7) is 5.74. The lowest BCUT2D eigenvalue weighted by Crippen LogP contribution is -2.22. The number of rotatable bonds is 7. The van der Waals surface area contributed by atoms with E-state index in [1.54, 1.807) is 24.4 Å². The molecule has 0 atom stereocenters. The molecule has 0 radical (unpaired) electrons. The van der Waals surface area contributed by atoms with Crippen LogP contribution in [0.2, 0.25) is 0 Å². The van der Waals surface area contributed by atoms with Crippen LogP contribution in [-0.4, -0.2) is 40.1 Å². The van der Waals surface area contributed by atoms with Crippen LogP contribution in [0.4, 0.5) is 11.6 Å². The first kappa shape index (κ1) is 18.6. The van der Waals surface area contributed by atoms with Crippen LogP contribution in [0, 0.1) is 5.41 Å². The number of aromatic nitrogens is 4.